The Bertz CT molecular complexity index is 410. The number of nitrogens with one attached hydrogen (secondary N) is 1. The summed E-state index contributed by atoms with van der Waals surface area (Å²) in [6.45, 7) is 3.07. The highest BCUT2D eigenvalue weighted by Gasteiger charge is 2.53. The number of hydrogen-bond donors (Lipinski definition) is 1. The largest absolute Gasteiger partial charge is 0.343 e. The molecule has 0 aromatic rings. The minimum atomic E-state index is 0.395. The Morgan fingerprint density at radius 3 is 2.86 bits per heavy atom. The monoisotopic (exact) mass is 304 g/mol. The molecule has 1 aliphatic heterocycles. The van der Waals surface area contributed by atoms with E-state index in [9.17, 15) is 4.79 Å². The van der Waals surface area contributed by atoms with Gasteiger partial charge in [-0.1, -0.05) is 12.8 Å². The van der Waals surface area contributed by atoms with Crippen LogP contribution in [-0.2, 0) is 4.79 Å². The molecule has 5 unspecified atom stereocenters. The second-order valence-corrected chi connectivity index (χ2v) is 8.26. The van der Waals surface area contributed by atoms with Crippen molar-refractivity contribution >= 4 is 5.91 Å². The molecule has 1 saturated heterocycles. The third kappa shape index (κ3) is 2.81. The van der Waals surface area contributed by atoms with Gasteiger partial charge in [0.25, 0.3) is 0 Å². The highest BCUT2D eigenvalue weighted by molar-refractivity contribution is 5.76. The molecule has 1 N–H and O–H groups in total. The van der Waals surface area contributed by atoms with Crippen molar-refractivity contribution in [3.63, 3.8) is 0 Å². The standard InChI is InChI=1S/C19H32N2O/c22-19-8-2-1-3-10-21(19)11-5-9-20-18-13-14-12-17(18)16-7-4-6-15(14)16/h14-18,20H,1-13H2. The summed E-state index contributed by atoms with van der Waals surface area (Å²) in [7, 11) is 0. The quantitative estimate of drug-likeness (QED) is 0.791. The number of amides is 1. The van der Waals surface area contributed by atoms with Crippen molar-refractivity contribution in [2.75, 3.05) is 19.6 Å². The molecule has 1 heterocycles. The van der Waals surface area contributed by atoms with E-state index in [0.29, 0.717) is 5.91 Å². The molecule has 2 bridgehead atoms. The Morgan fingerprint density at radius 1 is 1.00 bits per heavy atom. The molecule has 4 rings (SSSR count). The Balaban J connectivity index is 1.19. The fraction of sp³-hybridized carbons (Fsp3) is 0.947. The third-order valence-corrected chi connectivity index (χ3v) is 7.11. The second-order valence-electron chi connectivity index (χ2n) is 8.26. The van der Waals surface area contributed by atoms with Gasteiger partial charge in [-0.05, 0) is 75.2 Å². The van der Waals surface area contributed by atoms with Gasteiger partial charge in [-0.3, -0.25) is 4.79 Å². The summed E-state index contributed by atoms with van der Waals surface area (Å²) in [6, 6.07) is 0.796. The molecule has 3 saturated carbocycles. The van der Waals surface area contributed by atoms with E-state index in [1.54, 1.807) is 0 Å². The first-order valence-electron chi connectivity index (χ1n) is 9.84. The van der Waals surface area contributed by atoms with E-state index in [-0.39, 0.29) is 0 Å². The molecule has 0 aromatic heterocycles. The van der Waals surface area contributed by atoms with Gasteiger partial charge in [0.1, 0.15) is 0 Å². The number of likely N-dealkylation sites (tertiary alicyclic amines) is 1. The first-order chi connectivity index (χ1) is 10.8. The van der Waals surface area contributed by atoms with Gasteiger partial charge in [-0.25, -0.2) is 0 Å². The third-order valence-electron chi connectivity index (χ3n) is 7.11. The van der Waals surface area contributed by atoms with Crippen molar-refractivity contribution in [1.29, 1.82) is 0 Å². The van der Waals surface area contributed by atoms with Crippen molar-refractivity contribution in [3.05, 3.63) is 0 Å². The van der Waals surface area contributed by atoms with Crippen LogP contribution in [0, 0.1) is 23.7 Å². The van der Waals surface area contributed by atoms with Gasteiger partial charge in [-0.15, -0.1) is 0 Å². The number of nitrogens with zero attached hydrogens (tertiary/aromatic N) is 1. The molecule has 5 atom stereocenters. The predicted molar refractivity (Wildman–Crippen MR) is 88.5 cm³/mol. The van der Waals surface area contributed by atoms with Crippen LogP contribution in [0.4, 0.5) is 0 Å². The van der Waals surface area contributed by atoms with Crippen molar-refractivity contribution in [2.45, 2.75) is 70.3 Å². The van der Waals surface area contributed by atoms with Crippen LogP contribution in [0.2, 0.25) is 0 Å². The van der Waals surface area contributed by atoms with Gasteiger partial charge in [0, 0.05) is 25.6 Å². The van der Waals surface area contributed by atoms with Gasteiger partial charge in [-0.2, -0.15) is 0 Å². The smallest absolute Gasteiger partial charge is 0.222 e. The van der Waals surface area contributed by atoms with Gasteiger partial charge < -0.3 is 10.2 Å². The van der Waals surface area contributed by atoms with Crippen LogP contribution in [0.3, 0.4) is 0 Å². The van der Waals surface area contributed by atoms with Crippen LogP contribution in [0.5, 0.6) is 0 Å². The Kier molecular flexibility index (Phi) is 4.43. The lowest BCUT2D eigenvalue weighted by Crippen LogP contribution is -2.41. The fourth-order valence-electron chi connectivity index (χ4n) is 6.14. The average Bonchev–Trinajstić information content (AvgIpc) is 3.17. The van der Waals surface area contributed by atoms with Crippen LogP contribution in [0.25, 0.3) is 0 Å². The number of carbonyl (C=O) groups excluding carboxylic acids is 1. The summed E-state index contributed by atoms with van der Waals surface area (Å²) < 4.78 is 0. The van der Waals surface area contributed by atoms with E-state index in [2.05, 4.69) is 10.2 Å². The summed E-state index contributed by atoms with van der Waals surface area (Å²) in [5.41, 5.74) is 0. The van der Waals surface area contributed by atoms with Crippen LogP contribution in [0.1, 0.15) is 64.2 Å². The number of rotatable bonds is 5. The Hall–Kier alpha value is -0.570. The molecule has 4 aliphatic rings. The highest BCUT2D eigenvalue weighted by atomic mass is 16.2. The summed E-state index contributed by atoms with van der Waals surface area (Å²) >= 11 is 0. The maximum Gasteiger partial charge on any atom is 0.222 e. The SMILES string of the molecule is O=C1CCCCCN1CCCNC1CC2CC1C1CCCC21. The lowest BCUT2D eigenvalue weighted by molar-refractivity contribution is -0.130. The van der Waals surface area contributed by atoms with Crippen LogP contribution in [-0.4, -0.2) is 36.5 Å². The summed E-state index contributed by atoms with van der Waals surface area (Å²) in [5.74, 6) is 4.58. The molecular formula is C19H32N2O. The zero-order valence-electron chi connectivity index (χ0n) is 13.9. The maximum atomic E-state index is 12.0. The molecule has 3 heteroatoms. The molecule has 0 radical (unpaired) electrons. The molecule has 0 aromatic carbocycles. The summed E-state index contributed by atoms with van der Waals surface area (Å²) in [6.07, 6.45) is 12.9. The molecule has 4 fully saturated rings. The first-order valence-corrected chi connectivity index (χ1v) is 9.84. The first kappa shape index (κ1) is 15.0. The fourth-order valence-corrected chi connectivity index (χ4v) is 6.14. The summed E-state index contributed by atoms with van der Waals surface area (Å²) in [4.78, 5) is 14.1. The normalized spacial score (nSPS) is 41.0. The number of hydrogen-bond acceptors (Lipinski definition) is 2. The summed E-state index contributed by atoms with van der Waals surface area (Å²) in [5, 5.41) is 3.86. The molecule has 1 amide bonds. The van der Waals surface area contributed by atoms with E-state index < -0.39 is 0 Å². The molecule has 3 nitrogen and oxygen atoms in total. The Labute approximate surface area is 135 Å². The maximum absolute atomic E-state index is 12.0. The molecule has 0 spiro atoms. The predicted octanol–water partition coefficient (Wildman–Crippen LogP) is 3.19. The van der Waals surface area contributed by atoms with E-state index in [1.165, 1.54) is 44.9 Å². The molecule has 22 heavy (non-hydrogen) atoms. The van der Waals surface area contributed by atoms with Crippen molar-refractivity contribution in [1.82, 2.24) is 10.2 Å². The van der Waals surface area contributed by atoms with Gasteiger partial charge >= 0.3 is 0 Å². The lowest BCUT2D eigenvalue weighted by atomic mass is 9.79. The topological polar surface area (TPSA) is 32.3 Å². The second kappa shape index (κ2) is 6.51. The Morgan fingerprint density at radius 2 is 1.91 bits per heavy atom. The zero-order chi connectivity index (χ0) is 14.9. The van der Waals surface area contributed by atoms with E-state index in [0.717, 1.165) is 68.6 Å². The van der Waals surface area contributed by atoms with E-state index in [4.69, 9.17) is 0 Å². The van der Waals surface area contributed by atoms with Gasteiger partial charge in [0.05, 0.1) is 0 Å². The average molecular weight is 304 g/mol. The molecular weight excluding hydrogens is 272 g/mol. The molecule has 124 valence electrons. The number of carbonyl (C=O) groups is 1. The van der Waals surface area contributed by atoms with Crippen LogP contribution in [0.15, 0.2) is 0 Å². The minimum Gasteiger partial charge on any atom is -0.343 e. The van der Waals surface area contributed by atoms with E-state index >= 15 is 0 Å². The molecule has 3 aliphatic carbocycles. The zero-order valence-corrected chi connectivity index (χ0v) is 13.9. The van der Waals surface area contributed by atoms with Crippen LogP contribution >= 0.6 is 0 Å². The van der Waals surface area contributed by atoms with Gasteiger partial charge in [0.15, 0.2) is 0 Å². The van der Waals surface area contributed by atoms with Crippen molar-refractivity contribution in [2.24, 2.45) is 23.7 Å². The number of fused-ring (bicyclic) bond motifs is 5. The highest BCUT2D eigenvalue weighted by Crippen LogP contribution is 2.58. The van der Waals surface area contributed by atoms with Crippen molar-refractivity contribution < 1.29 is 4.79 Å². The van der Waals surface area contributed by atoms with E-state index in [1.807, 2.05) is 0 Å². The van der Waals surface area contributed by atoms with Crippen LogP contribution < -0.4 is 5.32 Å². The van der Waals surface area contributed by atoms with Gasteiger partial charge in [0.2, 0.25) is 5.91 Å². The minimum absolute atomic E-state index is 0.395. The lowest BCUT2D eigenvalue weighted by Gasteiger charge is -2.32. The van der Waals surface area contributed by atoms with Crippen molar-refractivity contribution in [3.8, 4) is 0 Å².